The lowest BCUT2D eigenvalue weighted by Crippen LogP contribution is -2.45. The SMILES string of the molecule is CCN1C(=O)COc2cc(Nc3ccc(N4CC(C)OC(C)C4)cc3)ccc21. The smallest absolute Gasteiger partial charge is 0.265 e. The zero-order valence-electron chi connectivity index (χ0n) is 16.6. The van der Waals surface area contributed by atoms with Gasteiger partial charge in [-0.3, -0.25) is 4.79 Å². The highest BCUT2D eigenvalue weighted by atomic mass is 16.5. The third kappa shape index (κ3) is 3.78. The van der Waals surface area contributed by atoms with Crippen LogP contribution < -0.4 is 19.9 Å². The van der Waals surface area contributed by atoms with E-state index in [1.54, 1.807) is 4.90 Å². The summed E-state index contributed by atoms with van der Waals surface area (Å²) in [6.07, 6.45) is 0.484. The van der Waals surface area contributed by atoms with Crippen LogP contribution in [0.5, 0.6) is 5.75 Å². The number of ether oxygens (including phenoxy) is 2. The van der Waals surface area contributed by atoms with Gasteiger partial charge in [-0.05, 0) is 57.2 Å². The average Bonchev–Trinajstić information content (AvgIpc) is 2.68. The number of benzene rings is 2. The minimum absolute atomic E-state index is 0.00181. The molecule has 2 unspecified atom stereocenters. The fourth-order valence-electron chi connectivity index (χ4n) is 3.94. The number of fused-ring (bicyclic) bond motifs is 1. The first-order chi connectivity index (χ1) is 13.5. The van der Waals surface area contributed by atoms with E-state index < -0.39 is 0 Å². The predicted molar refractivity (Wildman–Crippen MR) is 112 cm³/mol. The Morgan fingerprint density at radius 2 is 1.71 bits per heavy atom. The Labute approximate surface area is 166 Å². The number of carbonyl (C=O) groups is 1. The molecule has 1 amide bonds. The van der Waals surface area contributed by atoms with Crippen LogP contribution in [-0.4, -0.2) is 44.4 Å². The zero-order valence-corrected chi connectivity index (χ0v) is 16.6. The number of hydrogen-bond donors (Lipinski definition) is 1. The number of nitrogens with zero attached hydrogens (tertiary/aromatic N) is 2. The minimum Gasteiger partial charge on any atom is -0.481 e. The molecule has 2 aliphatic rings. The van der Waals surface area contributed by atoms with Crippen LogP contribution in [0, 0.1) is 0 Å². The Kier molecular flexibility index (Phi) is 5.13. The van der Waals surface area contributed by atoms with Crippen LogP contribution in [0.4, 0.5) is 22.7 Å². The van der Waals surface area contributed by atoms with Crippen molar-refractivity contribution in [2.75, 3.05) is 41.4 Å². The maximum Gasteiger partial charge on any atom is 0.265 e. The monoisotopic (exact) mass is 381 g/mol. The first-order valence-corrected chi connectivity index (χ1v) is 9.88. The van der Waals surface area contributed by atoms with Crippen molar-refractivity contribution in [2.45, 2.75) is 33.0 Å². The largest absolute Gasteiger partial charge is 0.481 e. The molecule has 0 aromatic heterocycles. The Morgan fingerprint density at radius 1 is 1.04 bits per heavy atom. The molecule has 6 heteroatoms. The van der Waals surface area contributed by atoms with Gasteiger partial charge in [0.05, 0.1) is 17.9 Å². The second-order valence-corrected chi connectivity index (χ2v) is 7.44. The van der Waals surface area contributed by atoms with Gasteiger partial charge in [-0.15, -0.1) is 0 Å². The Morgan fingerprint density at radius 3 is 2.39 bits per heavy atom. The highest BCUT2D eigenvalue weighted by molar-refractivity contribution is 5.98. The van der Waals surface area contributed by atoms with E-state index in [1.807, 2.05) is 25.1 Å². The van der Waals surface area contributed by atoms with Crippen molar-refractivity contribution in [1.82, 2.24) is 0 Å². The van der Waals surface area contributed by atoms with Crippen LogP contribution >= 0.6 is 0 Å². The standard InChI is InChI=1S/C22H27N3O3/c1-4-25-20-10-7-18(11-21(20)27-14-22(25)26)23-17-5-8-19(9-6-17)24-12-15(2)28-16(3)13-24/h5-11,15-16,23H,4,12-14H2,1-3H3. The van der Waals surface area contributed by atoms with Gasteiger partial charge in [0.1, 0.15) is 5.75 Å². The summed E-state index contributed by atoms with van der Waals surface area (Å²) in [4.78, 5) is 16.1. The molecule has 2 aliphatic heterocycles. The molecule has 2 aromatic carbocycles. The van der Waals surface area contributed by atoms with Crippen molar-refractivity contribution < 1.29 is 14.3 Å². The number of nitrogens with one attached hydrogen (secondary N) is 1. The van der Waals surface area contributed by atoms with E-state index in [1.165, 1.54) is 5.69 Å². The van der Waals surface area contributed by atoms with Crippen LogP contribution in [-0.2, 0) is 9.53 Å². The Balaban J connectivity index is 1.47. The highest BCUT2D eigenvalue weighted by Crippen LogP contribution is 2.35. The first kappa shape index (κ1) is 18.6. The van der Waals surface area contributed by atoms with Gasteiger partial charge >= 0.3 is 0 Å². The highest BCUT2D eigenvalue weighted by Gasteiger charge is 2.24. The summed E-state index contributed by atoms with van der Waals surface area (Å²) in [5.41, 5.74) is 3.98. The minimum atomic E-state index is -0.00181. The molecule has 0 aliphatic carbocycles. The molecule has 0 spiro atoms. The summed E-state index contributed by atoms with van der Waals surface area (Å²) in [5, 5.41) is 3.42. The van der Waals surface area contributed by atoms with Crippen LogP contribution in [0.3, 0.4) is 0 Å². The van der Waals surface area contributed by atoms with Gasteiger partial charge in [-0.1, -0.05) is 0 Å². The van der Waals surface area contributed by atoms with Gasteiger partial charge in [0.15, 0.2) is 6.61 Å². The molecular formula is C22H27N3O3. The van der Waals surface area contributed by atoms with Crippen molar-refractivity contribution in [2.24, 2.45) is 0 Å². The molecule has 1 saturated heterocycles. The van der Waals surface area contributed by atoms with E-state index in [2.05, 4.69) is 48.3 Å². The topological polar surface area (TPSA) is 54.0 Å². The van der Waals surface area contributed by atoms with Gasteiger partial charge < -0.3 is 24.6 Å². The second-order valence-electron chi connectivity index (χ2n) is 7.44. The first-order valence-electron chi connectivity index (χ1n) is 9.88. The summed E-state index contributed by atoms with van der Waals surface area (Å²) in [5.74, 6) is 0.734. The average molecular weight is 381 g/mol. The number of hydrogen-bond acceptors (Lipinski definition) is 5. The lowest BCUT2D eigenvalue weighted by molar-refractivity contribution is -0.121. The van der Waals surface area contributed by atoms with Crippen LogP contribution in [0.15, 0.2) is 42.5 Å². The zero-order chi connectivity index (χ0) is 19.7. The predicted octanol–water partition coefficient (Wildman–Crippen LogP) is 3.79. The molecule has 1 N–H and O–H groups in total. The van der Waals surface area contributed by atoms with Gasteiger partial charge in [0.2, 0.25) is 0 Å². The normalized spacial score (nSPS) is 21.9. The van der Waals surface area contributed by atoms with E-state index in [-0.39, 0.29) is 24.7 Å². The number of amides is 1. The number of anilines is 4. The van der Waals surface area contributed by atoms with Crippen molar-refractivity contribution in [3.8, 4) is 5.75 Å². The van der Waals surface area contributed by atoms with Crippen LogP contribution in [0.1, 0.15) is 20.8 Å². The van der Waals surface area contributed by atoms with E-state index >= 15 is 0 Å². The van der Waals surface area contributed by atoms with Gasteiger partial charge in [-0.2, -0.15) is 0 Å². The maximum absolute atomic E-state index is 11.9. The number of morpholine rings is 1. The fourth-order valence-corrected chi connectivity index (χ4v) is 3.94. The summed E-state index contributed by atoms with van der Waals surface area (Å²) < 4.78 is 11.4. The molecule has 0 bridgehead atoms. The number of carbonyl (C=O) groups excluding carboxylic acids is 1. The van der Waals surface area contributed by atoms with Crippen LogP contribution in [0.25, 0.3) is 0 Å². The maximum atomic E-state index is 11.9. The van der Waals surface area contributed by atoms with Crippen molar-refractivity contribution in [1.29, 1.82) is 0 Å². The lowest BCUT2D eigenvalue weighted by atomic mass is 10.1. The summed E-state index contributed by atoms with van der Waals surface area (Å²) >= 11 is 0. The van der Waals surface area contributed by atoms with Gasteiger partial charge in [0, 0.05) is 42.8 Å². The summed E-state index contributed by atoms with van der Waals surface area (Å²) in [6, 6.07) is 14.3. The summed E-state index contributed by atoms with van der Waals surface area (Å²) in [7, 11) is 0. The molecular weight excluding hydrogens is 354 g/mol. The van der Waals surface area contributed by atoms with Crippen molar-refractivity contribution >= 4 is 28.7 Å². The molecule has 148 valence electrons. The van der Waals surface area contributed by atoms with Gasteiger partial charge in [-0.25, -0.2) is 0 Å². The number of rotatable bonds is 4. The molecule has 2 heterocycles. The third-order valence-electron chi connectivity index (χ3n) is 5.16. The van der Waals surface area contributed by atoms with Crippen molar-refractivity contribution in [3.05, 3.63) is 42.5 Å². The van der Waals surface area contributed by atoms with E-state index in [0.717, 1.165) is 35.9 Å². The molecule has 0 radical (unpaired) electrons. The van der Waals surface area contributed by atoms with E-state index in [9.17, 15) is 4.79 Å². The lowest BCUT2D eigenvalue weighted by Gasteiger charge is -2.36. The molecule has 6 nitrogen and oxygen atoms in total. The molecule has 2 atom stereocenters. The molecule has 0 saturated carbocycles. The molecule has 4 rings (SSSR count). The Hall–Kier alpha value is -2.73. The molecule has 2 aromatic rings. The van der Waals surface area contributed by atoms with E-state index in [4.69, 9.17) is 9.47 Å². The van der Waals surface area contributed by atoms with Crippen LogP contribution in [0.2, 0.25) is 0 Å². The second kappa shape index (κ2) is 7.72. The van der Waals surface area contributed by atoms with Crippen molar-refractivity contribution in [3.63, 3.8) is 0 Å². The fraction of sp³-hybridized carbons (Fsp3) is 0.409. The third-order valence-corrected chi connectivity index (χ3v) is 5.16. The molecule has 1 fully saturated rings. The van der Waals surface area contributed by atoms with Gasteiger partial charge in [0.25, 0.3) is 5.91 Å². The quantitative estimate of drug-likeness (QED) is 0.873. The molecule has 28 heavy (non-hydrogen) atoms. The number of likely N-dealkylation sites (N-methyl/N-ethyl adjacent to an activating group) is 1. The Bertz CT molecular complexity index is 843. The van der Waals surface area contributed by atoms with E-state index in [0.29, 0.717) is 6.54 Å². The summed E-state index contributed by atoms with van der Waals surface area (Å²) in [6.45, 7) is 8.75.